The van der Waals surface area contributed by atoms with Gasteiger partial charge in [-0.3, -0.25) is 14.7 Å². The molecule has 1 aromatic carbocycles. The molecule has 0 aliphatic rings. The lowest BCUT2D eigenvalue weighted by atomic mass is 10.2. The summed E-state index contributed by atoms with van der Waals surface area (Å²) in [6.45, 7) is 0.797. The standard InChI is InChI=1S/C11H13ClN2O7S/c1-5-7(12)2-6(3-9(5)22(18,19)20)14-11(17)21-4-8(13)10(15)16/h2-3,8H,4,13H2,1H3,(H,14,17)(H,15,16)(H,18,19,20)/t8-/m0/s1. The number of ether oxygens (including phenoxy) is 1. The van der Waals surface area contributed by atoms with Crippen molar-refractivity contribution in [1.82, 2.24) is 0 Å². The number of aliphatic carboxylic acids is 1. The molecule has 0 spiro atoms. The van der Waals surface area contributed by atoms with Crippen LogP contribution in [0.4, 0.5) is 10.5 Å². The van der Waals surface area contributed by atoms with E-state index < -0.39 is 39.7 Å². The molecule has 22 heavy (non-hydrogen) atoms. The Morgan fingerprint density at radius 3 is 2.55 bits per heavy atom. The minimum absolute atomic E-state index is 0.00679. The van der Waals surface area contributed by atoms with Gasteiger partial charge in [-0.2, -0.15) is 8.42 Å². The molecule has 5 N–H and O–H groups in total. The lowest BCUT2D eigenvalue weighted by Crippen LogP contribution is -2.36. The number of benzene rings is 1. The normalized spacial score (nSPS) is 12.5. The largest absolute Gasteiger partial charge is 0.480 e. The highest BCUT2D eigenvalue weighted by molar-refractivity contribution is 7.85. The molecule has 0 aliphatic carbocycles. The van der Waals surface area contributed by atoms with Gasteiger partial charge in [0.1, 0.15) is 17.5 Å². The average molecular weight is 353 g/mol. The number of nitrogens with two attached hydrogens (primary N) is 1. The van der Waals surface area contributed by atoms with Crippen molar-refractivity contribution in [3.8, 4) is 0 Å². The molecule has 0 radical (unpaired) electrons. The minimum atomic E-state index is -4.53. The molecular formula is C11H13ClN2O7S. The zero-order valence-electron chi connectivity index (χ0n) is 11.2. The van der Waals surface area contributed by atoms with Crippen LogP contribution in [0.15, 0.2) is 17.0 Å². The number of hydrogen-bond donors (Lipinski definition) is 4. The van der Waals surface area contributed by atoms with Gasteiger partial charge in [-0.1, -0.05) is 11.6 Å². The Bertz CT molecular complexity index is 705. The van der Waals surface area contributed by atoms with Gasteiger partial charge < -0.3 is 15.6 Å². The van der Waals surface area contributed by atoms with Gasteiger partial charge in [0.05, 0.1) is 0 Å². The van der Waals surface area contributed by atoms with E-state index in [1.165, 1.54) is 13.0 Å². The van der Waals surface area contributed by atoms with E-state index in [1.54, 1.807) is 0 Å². The van der Waals surface area contributed by atoms with Crippen LogP contribution in [-0.4, -0.2) is 42.8 Å². The summed E-state index contributed by atoms with van der Waals surface area (Å²) >= 11 is 5.81. The van der Waals surface area contributed by atoms with Gasteiger partial charge in [0, 0.05) is 10.7 Å². The Kier molecular flexibility index (Phi) is 5.72. The molecule has 0 bridgehead atoms. The Labute approximate surface area is 130 Å². The minimum Gasteiger partial charge on any atom is -0.480 e. The van der Waals surface area contributed by atoms with Crippen LogP contribution < -0.4 is 11.1 Å². The van der Waals surface area contributed by atoms with Crippen LogP contribution in [0, 0.1) is 6.92 Å². The van der Waals surface area contributed by atoms with Crippen LogP contribution in [0.1, 0.15) is 5.56 Å². The van der Waals surface area contributed by atoms with Gasteiger partial charge in [-0.05, 0) is 24.6 Å². The fourth-order valence-electron chi connectivity index (χ4n) is 1.38. The summed E-state index contributed by atoms with van der Waals surface area (Å²) in [7, 11) is -4.53. The average Bonchev–Trinajstić information content (AvgIpc) is 2.38. The van der Waals surface area contributed by atoms with Gasteiger partial charge in [-0.15, -0.1) is 0 Å². The maximum atomic E-state index is 11.5. The Morgan fingerprint density at radius 1 is 1.45 bits per heavy atom. The van der Waals surface area contributed by atoms with Crippen molar-refractivity contribution in [3.05, 3.63) is 22.7 Å². The third kappa shape index (κ3) is 4.84. The van der Waals surface area contributed by atoms with E-state index in [1.807, 2.05) is 0 Å². The van der Waals surface area contributed by atoms with Gasteiger partial charge in [-0.25, -0.2) is 4.79 Å². The number of amides is 1. The summed E-state index contributed by atoms with van der Waals surface area (Å²) in [4.78, 5) is 21.4. The van der Waals surface area contributed by atoms with Crippen molar-refractivity contribution >= 4 is 39.5 Å². The number of carbonyl (C=O) groups is 2. The van der Waals surface area contributed by atoms with Crippen molar-refractivity contribution in [3.63, 3.8) is 0 Å². The van der Waals surface area contributed by atoms with E-state index in [9.17, 15) is 18.0 Å². The Balaban J connectivity index is 2.89. The molecule has 1 rings (SSSR count). The first-order chi connectivity index (χ1) is 10.0. The van der Waals surface area contributed by atoms with Crippen LogP contribution in [0.3, 0.4) is 0 Å². The third-order valence-electron chi connectivity index (χ3n) is 2.53. The number of rotatable bonds is 5. The topological polar surface area (TPSA) is 156 Å². The number of halogens is 1. The first kappa shape index (κ1) is 18.2. The molecule has 0 aliphatic heterocycles. The monoisotopic (exact) mass is 352 g/mol. The maximum absolute atomic E-state index is 11.5. The van der Waals surface area contributed by atoms with Gasteiger partial charge in [0.2, 0.25) is 0 Å². The second kappa shape index (κ2) is 6.92. The highest BCUT2D eigenvalue weighted by atomic mass is 35.5. The highest BCUT2D eigenvalue weighted by Gasteiger charge is 2.19. The fourth-order valence-corrected chi connectivity index (χ4v) is 2.43. The van der Waals surface area contributed by atoms with Gasteiger partial charge in [0.15, 0.2) is 0 Å². The predicted molar refractivity (Wildman–Crippen MR) is 76.6 cm³/mol. The number of carboxylic acid groups (broad SMARTS) is 1. The van der Waals surface area contributed by atoms with E-state index in [2.05, 4.69) is 10.1 Å². The fraction of sp³-hybridized carbons (Fsp3) is 0.273. The van der Waals surface area contributed by atoms with Crippen LogP contribution in [0.2, 0.25) is 5.02 Å². The van der Waals surface area contributed by atoms with E-state index in [0.29, 0.717) is 0 Å². The summed E-state index contributed by atoms with van der Waals surface area (Å²) in [5.41, 5.74) is 5.19. The van der Waals surface area contributed by atoms with Crippen molar-refractivity contribution in [2.45, 2.75) is 17.9 Å². The first-order valence-corrected chi connectivity index (χ1v) is 7.54. The highest BCUT2D eigenvalue weighted by Crippen LogP contribution is 2.27. The van der Waals surface area contributed by atoms with Gasteiger partial charge >= 0.3 is 12.1 Å². The molecule has 1 atom stereocenters. The molecule has 0 fully saturated rings. The number of hydrogen-bond acceptors (Lipinski definition) is 6. The Hall–Kier alpha value is -1.88. The second-order valence-corrected chi connectivity index (χ2v) is 6.02. The SMILES string of the molecule is Cc1c(Cl)cc(NC(=O)OC[C@H](N)C(=O)O)cc1S(=O)(=O)O. The lowest BCUT2D eigenvalue weighted by Gasteiger charge is -2.11. The maximum Gasteiger partial charge on any atom is 0.411 e. The van der Waals surface area contributed by atoms with Crippen molar-refractivity contribution in [1.29, 1.82) is 0 Å². The number of carbonyl (C=O) groups excluding carboxylic acids is 1. The summed E-state index contributed by atoms with van der Waals surface area (Å²) in [6.07, 6.45) is -1.06. The molecule has 1 amide bonds. The zero-order chi connectivity index (χ0) is 17.1. The summed E-state index contributed by atoms with van der Waals surface area (Å²) < 4.78 is 36.0. The van der Waals surface area contributed by atoms with Gasteiger partial charge in [0.25, 0.3) is 10.1 Å². The second-order valence-electron chi connectivity index (χ2n) is 4.22. The van der Waals surface area contributed by atoms with E-state index in [0.717, 1.165) is 6.07 Å². The van der Waals surface area contributed by atoms with Crippen molar-refractivity contribution in [2.24, 2.45) is 5.73 Å². The van der Waals surface area contributed by atoms with Crippen LogP contribution in [0.25, 0.3) is 0 Å². The smallest absolute Gasteiger partial charge is 0.411 e. The lowest BCUT2D eigenvalue weighted by molar-refractivity contribution is -0.139. The molecule has 0 saturated carbocycles. The molecular weight excluding hydrogens is 340 g/mol. The summed E-state index contributed by atoms with van der Waals surface area (Å²) in [5, 5.41) is 10.7. The molecule has 0 heterocycles. The molecule has 11 heteroatoms. The number of anilines is 1. The molecule has 9 nitrogen and oxygen atoms in total. The molecule has 122 valence electrons. The number of carboxylic acids is 1. The summed E-state index contributed by atoms with van der Waals surface area (Å²) in [5.74, 6) is -1.35. The van der Waals surface area contributed by atoms with E-state index in [-0.39, 0.29) is 16.3 Å². The third-order valence-corrected chi connectivity index (χ3v) is 3.90. The van der Waals surface area contributed by atoms with E-state index >= 15 is 0 Å². The Morgan fingerprint density at radius 2 is 2.05 bits per heavy atom. The zero-order valence-corrected chi connectivity index (χ0v) is 12.8. The molecule has 0 saturated heterocycles. The van der Waals surface area contributed by atoms with Crippen molar-refractivity contribution < 1.29 is 32.4 Å². The number of nitrogens with one attached hydrogen (secondary N) is 1. The molecule has 0 unspecified atom stereocenters. The quantitative estimate of drug-likeness (QED) is 0.568. The van der Waals surface area contributed by atoms with Crippen LogP contribution in [-0.2, 0) is 19.6 Å². The van der Waals surface area contributed by atoms with Crippen molar-refractivity contribution in [2.75, 3.05) is 11.9 Å². The van der Waals surface area contributed by atoms with E-state index in [4.69, 9.17) is 27.0 Å². The summed E-state index contributed by atoms with van der Waals surface area (Å²) in [6, 6.07) is 0.833. The van der Waals surface area contributed by atoms with Crippen LogP contribution >= 0.6 is 11.6 Å². The molecule has 0 aromatic heterocycles. The molecule has 1 aromatic rings. The predicted octanol–water partition coefficient (Wildman–Crippen LogP) is 0.856. The van der Waals surface area contributed by atoms with Crippen LogP contribution in [0.5, 0.6) is 0 Å². The first-order valence-electron chi connectivity index (χ1n) is 5.72.